The molecule has 0 saturated carbocycles. The molecule has 0 aliphatic heterocycles. The largest absolute Gasteiger partial charge is 0.494 e. The SMILES string of the molecule is O=C(CCCOc1ccccc1)NCCc1ccc(Cl)cc1. The summed E-state index contributed by atoms with van der Waals surface area (Å²) in [5.74, 6) is 0.899. The summed E-state index contributed by atoms with van der Waals surface area (Å²) in [6.07, 6.45) is 2.00. The highest BCUT2D eigenvalue weighted by atomic mass is 35.5. The first kappa shape index (κ1) is 16.4. The second kappa shape index (κ2) is 9.11. The van der Waals surface area contributed by atoms with Gasteiger partial charge in [-0.05, 0) is 42.7 Å². The van der Waals surface area contributed by atoms with Crippen LogP contribution in [0.4, 0.5) is 0 Å². The van der Waals surface area contributed by atoms with Crippen molar-refractivity contribution in [3.8, 4) is 5.75 Å². The van der Waals surface area contributed by atoms with E-state index in [-0.39, 0.29) is 5.91 Å². The van der Waals surface area contributed by atoms with E-state index in [1.807, 2.05) is 54.6 Å². The Morgan fingerprint density at radius 2 is 1.77 bits per heavy atom. The summed E-state index contributed by atoms with van der Waals surface area (Å²) >= 11 is 5.83. The molecular weight excluding hydrogens is 298 g/mol. The zero-order valence-corrected chi connectivity index (χ0v) is 13.2. The van der Waals surface area contributed by atoms with Gasteiger partial charge in [0.25, 0.3) is 0 Å². The van der Waals surface area contributed by atoms with E-state index in [9.17, 15) is 4.79 Å². The maximum Gasteiger partial charge on any atom is 0.220 e. The van der Waals surface area contributed by atoms with Crippen LogP contribution in [-0.4, -0.2) is 19.1 Å². The van der Waals surface area contributed by atoms with Crippen LogP contribution in [0.25, 0.3) is 0 Å². The van der Waals surface area contributed by atoms with Gasteiger partial charge >= 0.3 is 0 Å². The monoisotopic (exact) mass is 317 g/mol. The molecule has 0 spiro atoms. The van der Waals surface area contributed by atoms with Crippen molar-refractivity contribution in [3.05, 3.63) is 65.2 Å². The molecule has 2 aromatic rings. The van der Waals surface area contributed by atoms with Crippen LogP contribution >= 0.6 is 11.6 Å². The molecule has 0 saturated heterocycles. The molecule has 4 heteroatoms. The molecule has 0 unspecified atom stereocenters. The number of halogens is 1. The number of rotatable bonds is 8. The maximum atomic E-state index is 11.7. The fraction of sp³-hybridized carbons (Fsp3) is 0.278. The van der Waals surface area contributed by atoms with Crippen LogP contribution in [0, 0.1) is 0 Å². The number of para-hydroxylation sites is 1. The van der Waals surface area contributed by atoms with E-state index < -0.39 is 0 Å². The maximum absolute atomic E-state index is 11.7. The van der Waals surface area contributed by atoms with Crippen molar-refractivity contribution >= 4 is 17.5 Å². The Labute approximate surface area is 136 Å². The van der Waals surface area contributed by atoms with Gasteiger partial charge in [-0.15, -0.1) is 0 Å². The van der Waals surface area contributed by atoms with E-state index in [1.165, 1.54) is 0 Å². The van der Waals surface area contributed by atoms with Crippen molar-refractivity contribution in [2.75, 3.05) is 13.2 Å². The van der Waals surface area contributed by atoms with E-state index in [1.54, 1.807) is 0 Å². The van der Waals surface area contributed by atoms with Crippen LogP contribution in [0.3, 0.4) is 0 Å². The predicted octanol–water partition coefficient (Wildman–Crippen LogP) is 3.86. The quantitative estimate of drug-likeness (QED) is 0.751. The molecule has 1 amide bonds. The minimum atomic E-state index is 0.0608. The summed E-state index contributed by atoms with van der Waals surface area (Å²) in [4.78, 5) is 11.7. The molecule has 0 bridgehead atoms. The number of hydrogen-bond acceptors (Lipinski definition) is 2. The van der Waals surface area contributed by atoms with Gasteiger partial charge in [-0.1, -0.05) is 41.9 Å². The Bertz CT molecular complexity index is 569. The zero-order chi connectivity index (χ0) is 15.6. The van der Waals surface area contributed by atoms with Crippen molar-refractivity contribution in [1.82, 2.24) is 5.32 Å². The highest BCUT2D eigenvalue weighted by Gasteiger charge is 2.01. The number of hydrogen-bond donors (Lipinski definition) is 1. The summed E-state index contributed by atoms with van der Waals surface area (Å²) < 4.78 is 5.55. The second-order valence-corrected chi connectivity index (χ2v) is 5.43. The van der Waals surface area contributed by atoms with Crippen LogP contribution in [0.15, 0.2) is 54.6 Å². The van der Waals surface area contributed by atoms with Crippen molar-refractivity contribution in [2.24, 2.45) is 0 Å². The van der Waals surface area contributed by atoms with Crippen LogP contribution in [-0.2, 0) is 11.2 Å². The molecule has 2 aromatic carbocycles. The highest BCUT2D eigenvalue weighted by molar-refractivity contribution is 6.30. The molecule has 2 rings (SSSR count). The predicted molar refractivity (Wildman–Crippen MR) is 89.3 cm³/mol. The molecule has 0 radical (unpaired) electrons. The smallest absolute Gasteiger partial charge is 0.220 e. The topological polar surface area (TPSA) is 38.3 Å². The van der Waals surface area contributed by atoms with Crippen LogP contribution in [0.5, 0.6) is 5.75 Å². The average molecular weight is 318 g/mol. The molecule has 0 aromatic heterocycles. The number of carbonyl (C=O) groups excluding carboxylic acids is 1. The Morgan fingerprint density at radius 1 is 1.05 bits per heavy atom. The van der Waals surface area contributed by atoms with E-state index in [0.717, 1.165) is 22.8 Å². The summed E-state index contributed by atoms with van der Waals surface area (Å²) in [5.41, 5.74) is 1.16. The third-order valence-electron chi connectivity index (χ3n) is 3.21. The fourth-order valence-corrected chi connectivity index (χ4v) is 2.15. The minimum absolute atomic E-state index is 0.0608. The van der Waals surface area contributed by atoms with Crippen molar-refractivity contribution in [2.45, 2.75) is 19.3 Å². The molecule has 116 valence electrons. The van der Waals surface area contributed by atoms with E-state index in [0.29, 0.717) is 26.0 Å². The number of carbonyl (C=O) groups is 1. The van der Waals surface area contributed by atoms with Gasteiger partial charge in [-0.3, -0.25) is 4.79 Å². The van der Waals surface area contributed by atoms with Gasteiger partial charge in [0.1, 0.15) is 5.75 Å². The summed E-state index contributed by atoms with van der Waals surface area (Å²) in [5, 5.41) is 3.64. The highest BCUT2D eigenvalue weighted by Crippen LogP contribution is 2.10. The number of benzene rings is 2. The molecular formula is C18H20ClNO2. The standard InChI is InChI=1S/C18H20ClNO2/c19-16-10-8-15(9-11-16)12-13-20-18(21)7-4-14-22-17-5-2-1-3-6-17/h1-3,5-6,8-11H,4,7,12-14H2,(H,20,21). The lowest BCUT2D eigenvalue weighted by molar-refractivity contribution is -0.121. The van der Waals surface area contributed by atoms with Gasteiger partial charge in [0.05, 0.1) is 6.61 Å². The third-order valence-corrected chi connectivity index (χ3v) is 3.46. The molecule has 0 aliphatic rings. The Balaban J connectivity index is 1.55. The molecule has 1 N–H and O–H groups in total. The third kappa shape index (κ3) is 6.19. The number of nitrogens with one attached hydrogen (secondary N) is 1. The molecule has 0 fully saturated rings. The summed E-state index contributed by atoms with van der Waals surface area (Å²) in [6.45, 7) is 1.19. The first-order chi connectivity index (χ1) is 10.7. The normalized spacial score (nSPS) is 10.2. The average Bonchev–Trinajstić information content (AvgIpc) is 2.54. The van der Waals surface area contributed by atoms with Crippen molar-refractivity contribution in [3.63, 3.8) is 0 Å². The van der Waals surface area contributed by atoms with Crippen molar-refractivity contribution in [1.29, 1.82) is 0 Å². The lowest BCUT2D eigenvalue weighted by atomic mass is 10.1. The van der Waals surface area contributed by atoms with Gasteiger partial charge in [0, 0.05) is 18.0 Å². The summed E-state index contributed by atoms with van der Waals surface area (Å²) in [7, 11) is 0. The van der Waals surface area contributed by atoms with Crippen molar-refractivity contribution < 1.29 is 9.53 Å². The Morgan fingerprint density at radius 3 is 2.50 bits per heavy atom. The van der Waals surface area contributed by atoms with E-state index >= 15 is 0 Å². The molecule has 0 aliphatic carbocycles. The lowest BCUT2D eigenvalue weighted by Crippen LogP contribution is -2.25. The van der Waals surface area contributed by atoms with E-state index in [4.69, 9.17) is 16.3 Å². The Hall–Kier alpha value is -2.00. The second-order valence-electron chi connectivity index (χ2n) is 4.99. The molecule has 0 atom stereocenters. The van der Waals surface area contributed by atoms with Gasteiger partial charge in [0.2, 0.25) is 5.91 Å². The van der Waals surface area contributed by atoms with E-state index in [2.05, 4.69) is 5.32 Å². The Kier molecular flexibility index (Phi) is 6.78. The fourth-order valence-electron chi connectivity index (χ4n) is 2.03. The minimum Gasteiger partial charge on any atom is -0.494 e. The first-order valence-corrected chi connectivity index (χ1v) is 7.81. The van der Waals surface area contributed by atoms with Gasteiger partial charge < -0.3 is 10.1 Å². The van der Waals surface area contributed by atoms with Crippen LogP contribution in [0.2, 0.25) is 5.02 Å². The lowest BCUT2D eigenvalue weighted by Gasteiger charge is -2.07. The van der Waals surface area contributed by atoms with Gasteiger partial charge in [0.15, 0.2) is 0 Å². The van der Waals surface area contributed by atoms with Crippen LogP contribution in [0.1, 0.15) is 18.4 Å². The summed E-state index contributed by atoms with van der Waals surface area (Å²) in [6, 6.07) is 17.3. The zero-order valence-electron chi connectivity index (χ0n) is 12.4. The first-order valence-electron chi connectivity index (χ1n) is 7.43. The van der Waals surface area contributed by atoms with Crippen LogP contribution < -0.4 is 10.1 Å². The number of ether oxygens (including phenoxy) is 1. The van der Waals surface area contributed by atoms with Gasteiger partial charge in [-0.2, -0.15) is 0 Å². The molecule has 22 heavy (non-hydrogen) atoms. The van der Waals surface area contributed by atoms with Gasteiger partial charge in [-0.25, -0.2) is 0 Å². The molecule has 3 nitrogen and oxygen atoms in total. The number of amides is 1. The molecule has 0 heterocycles.